The minimum absolute atomic E-state index is 0.582. The lowest BCUT2D eigenvalue weighted by atomic mass is 9.91. The SMILES string of the molecule is CC(C)C(C)c1ccc(N2CCN(C)CC2)nc1. The summed E-state index contributed by atoms with van der Waals surface area (Å²) in [6, 6.07) is 4.42. The summed E-state index contributed by atoms with van der Waals surface area (Å²) in [5, 5.41) is 0. The van der Waals surface area contributed by atoms with E-state index in [1.807, 2.05) is 0 Å². The van der Waals surface area contributed by atoms with Gasteiger partial charge in [-0.05, 0) is 30.5 Å². The van der Waals surface area contributed by atoms with Crippen LogP contribution in [0.3, 0.4) is 0 Å². The Balaban J connectivity index is 2.03. The van der Waals surface area contributed by atoms with Crippen LogP contribution in [0, 0.1) is 5.92 Å². The van der Waals surface area contributed by atoms with Crippen molar-refractivity contribution in [3.05, 3.63) is 23.9 Å². The first-order valence-electron chi connectivity index (χ1n) is 6.97. The van der Waals surface area contributed by atoms with Gasteiger partial charge in [0.1, 0.15) is 5.82 Å². The maximum Gasteiger partial charge on any atom is 0.128 e. The van der Waals surface area contributed by atoms with Crippen LogP contribution in [0.15, 0.2) is 18.3 Å². The van der Waals surface area contributed by atoms with Gasteiger partial charge in [-0.1, -0.05) is 26.8 Å². The van der Waals surface area contributed by atoms with Crippen LogP contribution in [-0.4, -0.2) is 43.1 Å². The number of pyridine rings is 1. The molecular formula is C15H25N3. The topological polar surface area (TPSA) is 19.4 Å². The van der Waals surface area contributed by atoms with E-state index in [1.54, 1.807) is 0 Å². The molecule has 0 radical (unpaired) electrons. The quantitative estimate of drug-likeness (QED) is 0.818. The van der Waals surface area contributed by atoms with Gasteiger partial charge in [0.05, 0.1) is 0 Å². The van der Waals surface area contributed by atoms with Crippen LogP contribution in [0.5, 0.6) is 0 Å². The molecule has 1 atom stereocenters. The molecule has 1 saturated heterocycles. The standard InChI is InChI=1S/C15H25N3/c1-12(2)13(3)14-5-6-15(16-11-14)18-9-7-17(4)8-10-18/h5-6,11-13H,7-10H2,1-4H3. The molecule has 0 amide bonds. The minimum Gasteiger partial charge on any atom is -0.354 e. The fourth-order valence-electron chi connectivity index (χ4n) is 2.27. The first kappa shape index (κ1) is 13.3. The second-order valence-corrected chi connectivity index (χ2v) is 5.77. The Labute approximate surface area is 111 Å². The Morgan fingerprint density at radius 2 is 1.72 bits per heavy atom. The van der Waals surface area contributed by atoms with Crippen LogP contribution < -0.4 is 4.90 Å². The van der Waals surface area contributed by atoms with E-state index in [0.29, 0.717) is 11.8 Å². The van der Waals surface area contributed by atoms with E-state index < -0.39 is 0 Å². The summed E-state index contributed by atoms with van der Waals surface area (Å²) < 4.78 is 0. The van der Waals surface area contributed by atoms with Crippen molar-refractivity contribution in [1.29, 1.82) is 0 Å². The molecule has 1 unspecified atom stereocenters. The highest BCUT2D eigenvalue weighted by Gasteiger charge is 2.16. The van der Waals surface area contributed by atoms with E-state index in [9.17, 15) is 0 Å². The zero-order valence-electron chi connectivity index (χ0n) is 12.1. The fraction of sp³-hybridized carbons (Fsp3) is 0.667. The van der Waals surface area contributed by atoms with E-state index >= 15 is 0 Å². The van der Waals surface area contributed by atoms with Gasteiger partial charge >= 0.3 is 0 Å². The van der Waals surface area contributed by atoms with Crippen molar-refractivity contribution >= 4 is 5.82 Å². The first-order chi connectivity index (χ1) is 8.58. The van der Waals surface area contributed by atoms with Crippen LogP contribution in [0.4, 0.5) is 5.82 Å². The van der Waals surface area contributed by atoms with Crippen molar-refractivity contribution in [2.45, 2.75) is 26.7 Å². The Kier molecular flexibility index (Phi) is 4.23. The van der Waals surface area contributed by atoms with Gasteiger partial charge in [0.15, 0.2) is 0 Å². The molecule has 3 nitrogen and oxygen atoms in total. The van der Waals surface area contributed by atoms with Crippen molar-refractivity contribution in [2.75, 3.05) is 38.1 Å². The van der Waals surface area contributed by atoms with Crippen LogP contribution in [0.25, 0.3) is 0 Å². The van der Waals surface area contributed by atoms with Crippen LogP contribution in [0.1, 0.15) is 32.3 Å². The molecule has 0 aliphatic carbocycles. The zero-order valence-corrected chi connectivity index (χ0v) is 12.1. The predicted octanol–water partition coefficient (Wildman–Crippen LogP) is 2.59. The molecule has 18 heavy (non-hydrogen) atoms. The summed E-state index contributed by atoms with van der Waals surface area (Å²) in [4.78, 5) is 9.38. The van der Waals surface area contributed by atoms with Gasteiger partial charge in [0.2, 0.25) is 0 Å². The van der Waals surface area contributed by atoms with Gasteiger partial charge in [-0.3, -0.25) is 0 Å². The number of aromatic nitrogens is 1. The lowest BCUT2D eigenvalue weighted by Gasteiger charge is -2.33. The van der Waals surface area contributed by atoms with E-state index in [4.69, 9.17) is 0 Å². The highest BCUT2D eigenvalue weighted by Crippen LogP contribution is 2.24. The normalized spacial score (nSPS) is 19.3. The second-order valence-electron chi connectivity index (χ2n) is 5.77. The number of hydrogen-bond acceptors (Lipinski definition) is 3. The largest absolute Gasteiger partial charge is 0.354 e. The average Bonchev–Trinajstić information content (AvgIpc) is 2.39. The predicted molar refractivity (Wildman–Crippen MR) is 77.2 cm³/mol. The third-order valence-corrected chi connectivity index (χ3v) is 4.12. The van der Waals surface area contributed by atoms with Gasteiger partial charge in [-0.25, -0.2) is 4.98 Å². The number of nitrogens with zero attached hydrogens (tertiary/aromatic N) is 3. The molecule has 3 heteroatoms. The summed E-state index contributed by atoms with van der Waals surface area (Å²) in [5.41, 5.74) is 1.35. The molecule has 100 valence electrons. The summed E-state index contributed by atoms with van der Waals surface area (Å²) in [7, 11) is 2.18. The van der Waals surface area contributed by atoms with Crippen molar-refractivity contribution in [3.63, 3.8) is 0 Å². The lowest BCUT2D eigenvalue weighted by Crippen LogP contribution is -2.44. The second kappa shape index (κ2) is 5.70. The van der Waals surface area contributed by atoms with Gasteiger partial charge in [0, 0.05) is 32.4 Å². The molecule has 0 aromatic carbocycles. The molecule has 1 aliphatic heterocycles. The molecule has 2 heterocycles. The summed E-state index contributed by atoms with van der Waals surface area (Å²) in [6.07, 6.45) is 2.05. The van der Waals surface area contributed by atoms with Crippen molar-refractivity contribution in [3.8, 4) is 0 Å². The molecule has 1 aromatic rings. The van der Waals surface area contributed by atoms with Gasteiger partial charge in [0.25, 0.3) is 0 Å². The first-order valence-corrected chi connectivity index (χ1v) is 6.97. The molecule has 1 aromatic heterocycles. The van der Waals surface area contributed by atoms with E-state index in [0.717, 1.165) is 32.0 Å². The van der Waals surface area contributed by atoms with Crippen molar-refractivity contribution < 1.29 is 0 Å². The maximum atomic E-state index is 4.64. The molecule has 0 bridgehead atoms. The summed E-state index contributed by atoms with van der Waals surface area (Å²) in [6.45, 7) is 11.2. The monoisotopic (exact) mass is 247 g/mol. The highest BCUT2D eigenvalue weighted by molar-refractivity contribution is 5.40. The Hall–Kier alpha value is -1.09. The number of piperazine rings is 1. The lowest BCUT2D eigenvalue weighted by molar-refractivity contribution is 0.312. The number of anilines is 1. The van der Waals surface area contributed by atoms with Crippen LogP contribution in [0.2, 0.25) is 0 Å². The summed E-state index contributed by atoms with van der Waals surface area (Å²) in [5.74, 6) is 2.38. The van der Waals surface area contributed by atoms with Crippen LogP contribution in [-0.2, 0) is 0 Å². The minimum atomic E-state index is 0.582. The fourth-order valence-corrected chi connectivity index (χ4v) is 2.27. The van der Waals surface area contributed by atoms with Crippen molar-refractivity contribution in [2.24, 2.45) is 5.92 Å². The van der Waals surface area contributed by atoms with Crippen molar-refractivity contribution in [1.82, 2.24) is 9.88 Å². The number of likely N-dealkylation sites (N-methyl/N-ethyl adjacent to an activating group) is 1. The Morgan fingerprint density at radius 1 is 1.06 bits per heavy atom. The van der Waals surface area contributed by atoms with E-state index in [-0.39, 0.29) is 0 Å². The van der Waals surface area contributed by atoms with Crippen LogP contribution >= 0.6 is 0 Å². The Morgan fingerprint density at radius 3 is 2.22 bits per heavy atom. The summed E-state index contributed by atoms with van der Waals surface area (Å²) >= 11 is 0. The zero-order chi connectivity index (χ0) is 13.1. The maximum absolute atomic E-state index is 4.64. The molecule has 0 spiro atoms. The van der Waals surface area contributed by atoms with Gasteiger partial charge in [-0.2, -0.15) is 0 Å². The molecule has 2 rings (SSSR count). The number of rotatable bonds is 3. The third kappa shape index (κ3) is 3.02. The number of hydrogen-bond donors (Lipinski definition) is 0. The molecule has 0 saturated carbocycles. The molecular weight excluding hydrogens is 222 g/mol. The molecule has 0 N–H and O–H groups in total. The van der Waals surface area contributed by atoms with E-state index in [1.165, 1.54) is 5.56 Å². The molecule has 1 aliphatic rings. The van der Waals surface area contributed by atoms with E-state index in [2.05, 4.69) is 60.9 Å². The Bertz CT molecular complexity index is 364. The van der Waals surface area contributed by atoms with Gasteiger partial charge < -0.3 is 9.80 Å². The smallest absolute Gasteiger partial charge is 0.128 e. The average molecular weight is 247 g/mol. The molecule has 1 fully saturated rings. The third-order valence-electron chi connectivity index (χ3n) is 4.12. The highest BCUT2D eigenvalue weighted by atomic mass is 15.3. The van der Waals surface area contributed by atoms with Gasteiger partial charge in [-0.15, -0.1) is 0 Å².